The van der Waals surface area contributed by atoms with E-state index in [-0.39, 0.29) is 0 Å². The Bertz CT molecular complexity index is 493. The number of rotatable bonds is 6. The van der Waals surface area contributed by atoms with Crippen molar-refractivity contribution >= 4 is 11.3 Å². The van der Waals surface area contributed by atoms with Gasteiger partial charge in [-0.25, -0.2) is 0 Å². The van der Waals surface area contributed by atoms with Crippen LogP contribution in [-0.2, 0) is 19.3 Å². The normalized spacial score (nSPS) is 15.6. The van der Waals surface area contributed by atoms with Crippen LogP contribution >= 0.6 is 11.3 Å². The van der Waals surface area contributed by atoms with Crippen molar-refractivity contribution in [1.82, 2.24) is 5.32 Å². The number of aryl methyl sites for hydroxylation is 2. The average molecular weight is 275 g/mol. The second-order valence-electron chi connectivity index (χ2n) is 5.24. The Balaban J connectivity index is 1.77. The second kappa shape index (κ2) is 5.93. The third kappa shape index (κ3) is 2.93. The first-order valence-electron chi connectivity index (χ1n) is 7.24. The van der Waals surface area contributed by atoms with Gasteiger partial charge in [0.15, 0.2) is 0 Å². The predicted octanol–water partition coefficient (Wildman–Crippen LogP) is 4.11. The second-order valence-corrected chi connectivity index (χ2v) is 6.41. The van der Waals surface area contributed by atoms with Crippen molar-refractivity contribution in [2.45, 2.75) is 45.1 Å². The molecule has 2 nitrogen and oxygen atoms in total. The molecule has 2 aromatic rings. The Hall–Kier alpha value is -1.06. The number of furan rings is 1. The topological polar surface area (TPSA) is 25.2 Å². The molecule has 0 bridgehead atoms. The molecule has 3 heteroatoms. The number of nitrogens with one attached hydrogen (secondary N) is 1. The van der Waals surface area contributed by atoms with Crippen LogP contribution in [0.3, 0.4) is 0 Å². The lowest BCUT2D eigenvalue weighted by Crippen LogP contribution is -2.23. The maximum atomic E-state index is 5.51. The highest BCUT2D eigenvalue weighted by Crippen LogP contribution is 2.34. The summed E-state index contributed by atoms with van der Waals surface area (Å²) in [5.41, 5.74) is 1.59. The fraction of sp³-hybridized carbons (Fsp3) is 0.500. The van der Waals surface area contributed by atoms with E-state index in [1.54, 1.807) is 16.7 Å². The lowest BCUT2D eigenvalue weighted by Gasteiger charge is -2.16. The summed E-state index contributed by atoms with van der Waals surface area (Å²) >= 11 is 2.00. The Morgan fingerprint density at radius 2 is 2.37 bits per heavy atom. The Kier molecular flexibility index (Phi) is 4.04. The molecule has 1 aliphatic carbocycles. The van der Waals surface area contributed by atoms with E-state index in [1.807, 2.05) is 17.4 Å². The first-order valence-corrected chi connectivity index (χ1v) is 8.05. The van der Waals surface area contributed by atoms with Gasteiger partial charge in [0, 0.05) is 22.2 Å². The van der Waals surface area contributed by atoms with Crippen LogP contribution in [0, 0.1) is 0 Å². The largest absolute Gasteiger partial charge is 0.469 e. The Labute approximate surface area is 118 Å². The van der Waals surface area contributed by atoms with E-state index >= 15 is 0 Å². The zero-order valence-electron chi connectivity index (χ0n) is 11.4. The molecule has 1 N–H and O–H groups in total. The molecule has 102 valence electrons. The van der Waals surface area contributed by atoms with Gasteiger partial charge in [-0.05, 0) is 56.0 Å². The van der Waals surface area contributed by atoms with E-state index in [0.29, 0.717) is 6.04 Å². The molecule has 2 aromatic heterocycles. The van der Waals surface area contributed by atoms with E-state index in [4.69, 9.17) is 4.42 Å². The maximum absolute atomic E-state index is 5.51. The summed E-state index contributed by atoms with van der Waals surface area (Å²) < 4.78 is 5.51. The zero-order valence-corrected chi connectivity index (χ0v) is 12.3. The average Bonchev–Trinajstić information content (AvgIpc) is 3.09. The van der Waals surface area contributed by atoms with Gasteiger partial charge < -0.3 is 9.73 Å². The van der Waals surface area contributed by atoms with Crippen molar-refractivity contribution in [3.63, 3.8) is 0 Å². The van der Waals surface area contributed by atoms with Gasteiger partial charge in [-0.3, -0.25) is 0 Å². The molecule has 1 unspecified atom stereocenters. The number of hydrogen-bond acceptors (Lipinski definition) is 3. The van der Waals surface area contributed by atoms with Crippen LogP contribution < -0.4 is 5.32 Å². The van der Waals surface area contributed by atoms with Crippen molar-refractivity contribution in [3.05, 3.63) is 45.5 Å². The summed E-state index contributed by atoms with van der Waals surface area (Å²) in [5.74, 6) is 1.07. The summed E-state index contributed by atoms with van der Waals surface area (Å²) in [4.78, 5) is 3.09. The molecular weight excluding hydrogens is 254 g/mol. The quantitative estimate of drug-likeness (QED) is 0.858. The maximum Gasteiger partial charge on any atom is 0.105 e. The summed E-state index contributed by atoms with van der Waals surface area (Å²) in [6.45, 7) is 3.28. The minimum Gasteiger partial charge on any atom is -0.469 e. The van der Waals surface area contributed by atoms with Crippen LogP contribution in [0.1, 0.15) is 46.9 Å². The molecule has 0 radical (unpaired) electrons. The van der Waals surface area contributed by atoms with Gasteiger partial charge in [0.05, 0.1) is 6.26 Å². The minimum absolute atomic E-state index is 0.404. The first kappa shape index (κ1) is 12.9. The third-order valence-corrected chi connectivity index (χ3v) is 5.09. The van der Waals surface area contributed by atoms with Crippen molar-refractivity contribution in [1.29, 1.82) is 0 Å². The molecule has 0 saturated heterocycles. The van der Waals surface area contributed by atoms with Crippen LogP contribution in [0.4, 0.5) is 0 Å². The molecule has 0 saturated carbocycles. The van der Waals surface area contributed by atoms with Crippen molar-refractivity contribution in [2.24, 2.45) is 0 Å². The van der Waals surface area contributed by atoms with Crippen molar-refractivity contribution in [2.75, 3.05) is 6.54 Å². The molecule has 0 aliphatic heterocycles. The van der Waals surface area contributed by atoms with Gasteiger partial charge in [0.2, 0.25) is 0 Å². The van der Waals surface area contributed by atoms with Crippen molar-refractivity contribution in [3.8, 4) is 0 Å². The number of fused-ring (bicyclic) bond motifs is 1. The van der Waals surface area contributed by atoms with E-state index < -0.39 is 0 Å². The molecule has 19 heavy (non-hydrogen) atoms. The van der Waals surface area contributed by atoms with E-state index in [2.05, 4.69) is 24.4 Å². The molecule has 1 aliphatic rings. The van der Waals surface area contributed by atoms with Crippen LogP contribution in [0.2, 0.25) is 0 Å². The van der Waals surface area contributed by atoms with Gasteiger partial charge in [0.1, 0.15) is 5.76 Å². The Morgan fingerprint density at radius 3 is 3.11 bits per heavy atom. The zero-order chi connectivity index (χ0) is 13.1. The summed E-state index contributed by atoms with van der Waals surface area (Å²) in [6.07, 6.45) is 7.77. The van der Waals surface area contributed by atoms with Gasteiger partial charge in [-0.1, -0.05) is 6.92 Å². The van der Waals surface area contributed by atoms with E-state index in [9.17, 15) is 0 Å². The van der Waals surface area contributed by atoms with E-state index in [0.717, 1.165) is 18.7 Å². The summed E-state index contributed by atoms with van der Waals surface area (Å²) in [7, 11) is 0. The van der Waals surface area contributed by atoms with Gasteiger partial charge >= 0.3 is 0 Å². The first-order chi connectivity index (χ1) is 9.36. The molecule has 1 atom stereocenters. The highest BCUT2D eigenvalue weighted by atomic mass is 32.1. The highest BCUT2D eigenvalue weighted by molar-refractivity contribution is 7.12. The van der Waals surface area contributed by atoms with Gasteiger partial charge in [-0.2, -0.15) is 0 Å². The van der Waals surface area contributed by atoms with Gasteiger partial charge in [-0.15, -0.1) is 11.3 Å². The molecule has 3 rings (SSSR count). The molecule has 0 amide bonds. The lowest BCUT2D eigenvalue weighted by molar-refractivity contribution is 0.452. The number of hydrogen-bond donors (Lipinski definition) is 1. The molecule has 2 heterocycles. The fourth-order valence-corrected chi connectivity index (χ4v) is 4.08. The third-order valence-electron chi connectivity index (χ3n) is 3.74. The van der Waals surface area contributed by atoms with E-state index in [1.165, 1.54) is 30.6 Å². The smallest absolute Gasteiger partial charge is 0.105 e. The highest BCUT2D eigenvalue weighted by Gasteiger charge is 2.20. The summed E-state index contributed by atoms with van der Waals surface area (Å²) in [6, 6.07) is 6.87. The van der Waals surface area contributed by atoms with Crippen LogP contribution in [0.15, 0.2) is 28.9 Å². The van der Waals surface area contributed by atoms with Crippen LogP contribution in [-0.4, -0.2) is 6.54 Å². The Morgan fingerprint density at radius 1 is 1.42 bits per heavy atom. The standard InChI is InChI=1S/C16H21NOS/c1-2-8-17-14(11-13-6-4-9-18-13)16-10-12-5-3-7-15(12)19-16/h4,6,9-10,14,17H,2-3,5,7-8,11H2,1H3. The van der Waals surface area contributed by atoms with Gasteiger partial charge in [0.25, 0.3) is 0 Å². The summed E-state index contributed by atoms with van der Waals surface area (Å²) in [5, 5.41) is 3.66. The molecule has 0 aromatic carbocycles. The monoisotopic (exact) mass is 275 g/mol. The predicted molar refractivity (Wildman–Crippen MR) is 79.8 cm³/mol. The SMILES string of the molecule is CCCNC(Cc1ccco1)c1cc2c(s1)CCC2. The lowest BCUT2D eigenvalue weighted by atomic mass is 10.1. The van der Waals surface area contributed by atoms with Crippen LogP contribution in [0.25, 0.3) is 0 Å². The molecule has 0 fully saturated rings. The minimum atomic E-state index is 0.404. The number of thiophene rings is 1. The molecule has 0 spiro atoms. The van der Waals surface area contributed by atoms with Crippen LogP contribution in [0.5, 0.6) is 0 Å². The fourth-order valence-electron chi connectivity index (χ4n) is 2.75. The molecular formula is C16H21NOS. The van der Waals surface area contributed by atoms with Crippen molar-refractivity contribution < 1.29 is 4.42 Å².